The fraction of sp³-hybridized carbons (Fsp3) is 0.529. The van der Waals surface area contributed by atoms with Crippen LogP contribution in [-0.4, -0.2) is 29.6 Å². The van der Waals surface area contributed by atoms with E-state index in [1.165, 1.54) is 42.4 Å². The molecule has 19 heavy (non-hydrogen) atoms. The SMILES string of the molecule is CC(C)n1ccc2ccc(C3CCN(C)CC3)cc21. The average Bonchev–Trinajstić information content (AvgIpc) is 2.82. The van der Waals surface area contributed by atoms with Gasteiger partial charge in [0.1, 0.15) is 0 Å². The van der Waals surface area contributed by atoms with Crippen LogP contribution in [0.1, 0.15) is 44.2 Å². The van der Waals surface area contributed by atoms with E-state index in [4.69, 9.17) is 0 Å². The summed E-state index contributed by atoms with van der Waals surface area (Å²) >= 11 is 0. The van der Waals surface area contributed by atoms with Gasteiger partial charge in [-0.1, -0.05) is 12.1 Å². The molecule has 1 aliphatic rings. The smallest absolute Gasteiger partial charge is 0.0485 e. The molecule has 0 unspecified atom stereocenters. The molecule has 0 bridgehead atoms. The molecule has 2 aromatic rings. The van der Waals surface area contributed by atoms with E-state index in [9.17, 15) is 0 Å². The van der Waals surface area contributed by atoms with Crippen LogP contribution in [0, 0.1) is 0 Å². The minimum absolute atomic E-state index is 0.533. The predicted octanol–water partition coefficient (Wildman–Crippen LogP) is 4.03. The van der Waals surface area contributed by atoms with Crippen LogP contribution in [0.3, 0.4) is 0 Å². The zero-order valence-electron chi connectivity index (χ0n) is 12.3. The van der Waals surface area contributed by atoms with Gasteiger partial charge in [0.15, 0.2) is 0 Å². The van der Waals surface area contributed by atoms with Gasteiger partial charge in [0.25, 0.3) is 0 Å². The first kappa shape index (κ1) is 12.7. The molecule has 0 atom stereocenters. The zero-order chi connectivity index (χ0) is 13.4. The minimum Gasteiger partial charge on any atom is -0.345 e. The Bertz CT molecular complexity index is 560. The number of nitrogens with zero attached hydrogens (tertiary/aromatic N) is 2. The van der Waals surface area contributed by atoms with Crippen LogP contribution in [0.5, 0.6) is 0 Å². The Balaban J connectivity index is 1.94. The summed E-state index contributed by atoms with van der Waals surface area (Å²) in [5.74, 6) is 0.746. The van der Waals surface area contributed by atoms with Gasteiger partial charge in [-0.15, -0.1) is 0 Å². The summed E-state index contributed by atoms with van der Waals surface area (Å²) in [6.45, 7) is 6.96. The molecule has 3 rings (SSSR count). The van der Waals surface area contributed by atoms with Gasteiger partial charge in [-0.05, 0) is 75.8 Å². The number of aromatic nitrogens is 1. The summed E-state index contributed by atoms with van der Waals surface area (Å²) in [4.78, 5) is 2.44. The lowest BCUT2D eigenvalue weighted by Gasteiger charge is -2.29. The first-order valence-electron chi connectivity index (χ1n) is 7.44. The Labute approximate surface area is 116 Å². The number of benzene rings is 1. The molecule has 102 valence electrons. The first-order chi connectivity index (χ1) is 9.15. The van der Waals surface area contributed by atoms with Crippen molar-refractivity contribution in [3.05, 3.63) is 36.0 Å². The van der Waals surface area contributed by atoms with E-state index in [-0.39, 0.29) is 0 Å². The highest BCUT2D eigenvalue weighted by Crippen LogP contribution is 2.30. The molecule has 0 spiro atoms. The maximum Gasteiger partial charge on any atom is 0.0485 e. The van der Waals surface area contributed by atoms with Crippen LogP contribution in [0.15, 0.2) is 30.5 Å². The highest BCUT2D eigenvalue weighted by atomic mass is 15.1. The average molecular weight is 256 g/mol. The van der Waals surface area contributed by atoms with Crippen molar-refractivity contribution in [2.75, 3.05) is 20.1 Å². The molecule has 1 aromatic carbocycles. The molecular weight excluding hydrogens is 232 g/mol. The highest BCUT2D eigenvalue weighted by Gasteiger charge is 2.19. The number of likely N-dealkylation sites (tertiary alicyclic amines) is 1. The molecule has 1 aromatic heterocycles. The summed E-state index contributed by atoms with van der Waals surface area (Å²) < 4.78 is 2.38. The van der Waals surface area contributed by atoms with Crippen LogP contribution < -0.4 is 0 Å². The summed E-state index contributed by atoms with van der Waals surface area (Å²) in [5, 5.41) is 1.37. The summed E-state index contributed by atoms with van der Waals surface area (Å²) in [7, 11) is 2.23. The second-order valence-corrected chi connectivity index (χ2v) is 6.21. The fourth-order valence-corrected chi connectivity index (χ4v) is 3.21. The van der Waals surface area contributed by atoms with Gasteiger partial charge in [0.05, 0.1) is 0 Å². The molecule has 2 heteroatoms. The number of fused-ring (bicyclic) bond motifs is 1. The standard InChI is InChI=1S/C17H24N2/c1-13(2)19-11-8-15-4-5-16(12-17(15)19)14-6-9-18(3)10-7-14/h4-5,8,11-14H,6-7,9-10H2,1-3H3. The van der Waals surface area contributed by atoms with Crippen molar-refractivity contribution in [2.24, 2.45) is 0 Å². The molecule has 2 nitrogen and oxygen atoms in total. The van der Waals surface area contributed by atoms with Crippen molar-refractivity contribution in [1.82, 2.24) is 9.47 Å². The van der Waals surface area contributed by atoms with E-state index in [0.717, 1.165) is 5.92 Å². The minimum atomic E-state index is 0.533. The molecule has 0 radical (unpaired) electrons. The highest BCUT2D eigenvalue weighted by molar-refractivity contribution is 5.81. The number of piperidine rings is 1. The van der Waals surface area contributed by atoms with Crippen molar-refractivity contribution in [3.63, 3.8) is 0 Å². The third-order valence-electron chi connectivity index (χ3n) is 4.49. The van der Waals surface area contributed by atoms with Crippen LogP contribution in [0.4, 0.5) is 0 Å². The van der Waals surface area contributed by atoms with Crippen LogP contribution >= 0.6 is 0 Å². The monoisotopic (exact) mass is 256 g/mol. The van der Waals surface area contributed by atoms with E-state index >= 15 is 0 Å². The van der Waals surface area contributed by atoms with E-state index in [2.05, 4.69) is 60.8 Å². The molecule has 1 aliphatic heterocycles. The van der Waals surface area contributed by atoms with Gasteiger partial charge >= 0.3 is 0 Å². The Morgan fingerprint density at radius 3 is 2.53 bits per heavy atom. The molecule has 2 heterocycles. The van der Waals surface area contributed by atoms with E-state index in [0.29, 0.717) is 6.04 Å². The van der Waals surface area contributed by atoms with Crippen LogP contribution in [0.25, 0.3) is 10.9 Å². The lowest BCUT2D eigenvalue weighted by Crippen LogP contribution is -2.29. The van der Waals surface area contributed by atoms with E-state index < -0.39 is 0 Å². The molecule has 1 fully saturated rings. The zero-order valence-corrected chi connectivity index (χ0v) is 12.3. The molecule has 0 saturated carbocycles. The maximum atomic E-state index is 2.44. The summed E-state index contributed by atoms with van der Waals surface area (Å²) in [5.41, 5.74) is 2.92. The molecule has 0 aliphatic carbocycles. The Morgan fingerprint density at radius 1 is 1.11 bits per heavy atom. The Hall–Kier alpha value is -1.28. The van der Waals surface area contributed by atoms with Crippen molar-refractivity contribution < 1.29 is 0 Å². The van der Waals surface area contributed by atoms with Gasteiger partial charge in [-0.3, -0.25) is 0 Å². The van der Waals surface area contributed by atoms with Gasteiger partial charge in [0, 0.05) is 17.8 Å². The third kappa shape index (κ3) is 2.42. The quantitative estimate of drug-likeness (QED) is 0.787. The largest absolute Gasteiger partial charge is 0.345 e. The maximum absolute atomic E-state index is 2.44. The Kier molecular flexibility index (Phi) is 3.36. The first-order valence-corrected chi connectivity index (χ1v) is 7.44. The van der Waals surface area contributed by atoms with Crippen molar-refractivity contribution >= 4 is 10.9 Å². The topological polar surface area (TPSA) is 8.17 Å². The lowest BCUT2D eigenvalue weighted by molar-refractivity contribution is 0.255. The summed E-state index contributed by atoms with van der Waals surface area (Å²) in [6.07, 6.45) is 4.81. The number of hydrogen-bond donors (Lipinski definition) is 0. The number of hydrogen-bond acceptors (Lipinski definition) is 1. The van der Waals surface area contributed by atoms with Crippen LogP contribution in [-0.2, 0) is 0 Å². The van der Waals surface area contributed by atoms with Gasteiger partial charge in [-0.2, -0.15) is 0 Å². The molecule has 0 N–H and O–H groups in total. The van der Waals surface area contributed by atoms with Gasteiger partial charge < -0.3 is 9.47 Å². The third-order valence-corrected chi connectivity index (χ3v) is 4.49. The molecule has 0 amide bonds. The van der Waals surface area contributed by atoms with E-state index in [1.807, 2.05) is 0 Å². The van der Waals surface area contributed by atoms with Gasteiger partial charge in [0.2, 0.25) is 0 Å². The fourth-order valence-electron chi connectivity index (χ4n) is 3.21. The van der Waals surface area contributed by atoms with Gasteiger partial charge in [-0.25, -0.2) is 0 Å². The molecule has 1 saturated heterocycles. The second-order valence-electron chi connectivity index (χ2n) is 6.21. The normalized spacial score (nSPS) is 18.5. The van der Waals surface area contributed by atoms with Crippen molar-refractivity contribution in [1.29, 1.82) is 0 Å². The molecular formula is C17H24N2. The van der Waals surface area contributed by atoms with E-state index in [1.54, 1.807) is 0 Å². The second kappa shape index (κ2) is 5.01. The predicted molar refractivity (Wildman–Crippen MR) is 81.8 cm³/mol. The van der Waals surface area contributed by atoms with Crippen molar-refractivity contribution in [3.8, 4) is 0 Å². The van der Waals surface area contributed by atoms with Crippen molar-refractivity contribution in [2.45, 2.75) is 38.6 Å². The Morgan fingerprint density at radius 2 is 1.84 bits per heavy atom. The lowest BCUT2D eigenvalue weighted by atomic mass is 9.89. The summed E-state index contributed by atoms with van der Waals surface area (Å²) in [6, 6.07) is 9.81. The van der Waals surface area contributed by atoms with Crippen LogP contribution in [0.2, 0.25) is 0 Å². The number of rotatable bonds is 2.